The molecule has 1 unspecified atom stereocenters. The first-order valence-corrected chi connectivity index (χ1v) is 33.4. The van der Waals surface area contributed by atoms with Gasteiger partial charge < -0.3 is 14.2 Å². The topological polar surface area (TPSA) is 78.9 Å². The van der Waals surface area contributed by atoms with Crippen LogP contribution >= 0.6 is 0 Å². The summed E-state index contributed by atoms with van der Waals surface area (Å²) in [5.41, 5.74) is 0. The number of unbranched alkanes of at least 4 members (excludes halogenated alkanes) is 38. The molecule has 0 aliphatic rings. The van der Waals surface area contributed by atoms with E-state index in [1.165, 1.54) is 212 Å². The van der Waals surface area contributed by atoms with Gasteiger partial charge in [0.05, 0.1) is 0 Å². The Morgan fingerprint density at radius 2 is 0.506 bits per heavy atom. The minimum absolute atomic E-state index is 0.0791. The van der Waals surface area contributed by atoms with Crippen molar-refractivity contribution in [3.05, 3.63) is 72.9 Å². The summed E-state index contributed by atoms with van der Waals surface area (Å²) in [5.74, 6) is -0.876. The molecule has 0 saturated heterocycles. The van der Waals surface area contributed by atoms with Gasteiger partial charge in [-0.3, -0.25) is 14.4 Å². The second-order valence-electron chi connectivity index (χ2n) is 22.3. The van der Waals surface area contributed by atoms with E-state index < -0.39 is 6.10 Å². The Morgan fingerprint density at radius 1 is 0.273 bits per heavy atom. The van der Waals surface area contributed by atoms with Crippen molar-refractivity contribution in [2.45, 2.75) is 348 Å². The normalized spacial score (nSPS) is 12.5. The van der Waals surface area contributed by atoms with E-state index in [1.54, 1.807) is 0 Å². The summed E-state index contributed by atoms with van der Waals surface area (Å²) in [6.07, 6.45) is 84.8. The molecular formula is C71H126O6. The van der Waals surface area contributed by atoms with E-state index in [9.17, 15) is 14.4 Å². The molecule has 0 spiro atoms. The minimum Gasteiger partial charge on any atom is -0.462 e. The van der Waals surface area contributed by atoms with Crippen molar-refractivity contribution in [3.8, 4) is 0 Å². The molecule has 0 aliphatic heterocycles. The lowest BCUT2D eigenvalue weighted by Crippen LogP contribution is -2.30. The molecule has 0 fully saturated rings. The molecule has 1 atom stereocenters. The zero-order valence-corrected chi connectivity index (χ0v) is 51.2. The quantitative estimate of drug-likeness (QED) is 0.0261. The second kappa shape index (κ2) is 65.4. The number of hydrogen-bond donors (Lipinski definition) is 0. The molecule has 0 bridgehead atoms. The Hall–Kier alpha value is -3.15. The van der Waals surface area contributed by atoms with Gasteiger partial charge in [-0.25, -0.2) is 0 Å². The lowest BCUT2D eigenvalue weighted by atomic mass is 10.0. The van der Waals surface area contributed by atoms with E-state index in [1.807, 2.05) is 0 Å². The van der Waals surface area contributed by atoms with Crippen LogP contribution < -0.4 is 0 Å². The third-order valence-corrected chi connectivity index (χ3v) is 14.7. The highest BCUT2D eigenvalue weighted by atomic mass is 16.6. The van der Waals surface area contributed by atoms with Crippen molar-refractivity contribution < 1.29 is 28.6 Å². The highest BCUT2D eigenvalue weighted by Gasteiger charge is 2.19. The fraction of sp³-hybridized carbons (Fsp3) is 0.789. The Kier molecular flexibility index (Phi) is 62.7. The molecule has 0 heterocycles. The van der Waals surface area contributed by atoms with Gasteiger partial charge in [0.15, 0.2) is 6.10 Å². The molecule has 0 N–H and O–H groups in total. The van der Waals surface area contributed by atoms with Crippen molar-refractivity contribution in [2.24, 2.45) is 0 Å². The van der Waals surface area contributed by atoms with Crippen LogP contribution in [0, 0.1) is 0 Å². The number of allylic oxidation sites excluding steroid dienone is 12. The van der Waals surface area contributed by atoms with Gasteiger partial charge in [0, 0.05) is 19.3 Å². The van der Waals surface area contributed by atoms with Crippen molar-refractivity contribution >= 4 is 17.9 Å². The predicted octanol–water partition coefficient (Wildman–Crippen LogP) is 22.9. The van der Waals surface area contributed by atoms with Gasteiger partial charge in [0.25, 0.3) is 0 Å². The molecule has 0 rings (SSSR count). The third-order valence-electron chi connectivity index (χ3n) is 14.7. The van der Waals surface area contributed by atoms with Gasteiger partial charge in [-0.15, -0.1) is 0 Å². The van der Waals surface area contributed by atoms with Crippen LogP contribution in [-0.4, -0.2) is 37.2 Å². The average Bonchev–Trinajstić information content (AvgIpc) is 3.43. The smallest absolute Gasteiger partial charge is 0.306 e. The molecule has 0 aromatic rings. The van der Waals surface area contributed by atoms with E-state index in [2.05, 4.69) is 93.7 Å². The maximum Gasteiger partial charge on any atom is 0.306 e. The molecule has 0 saturated carbocycles. The summed E-state index contributed by atoms with van der Waals surface area (Å²) in [6, 6.07) is 0. The molecular weight excluding hydrogens is 949 g/mol. The van der Waals surface area contributed by atoms with Crippen molar-refractivity contribution in [3.63, 3.8) is 0 Å². The molecule has 6 heteroatoms. The number of hydrogen-bond acceptors (Lipinski definition) is 6. The van der Waals surface area contributed by atoms with Gasteiger partial charge in [-0.05, 0) is 109 Å². The molecule has 446 valence electrons. The molecule has 77 heavy (non-hydrogen) atoms. The van der Waals surface area contributed by atoms with Gasteiger partial charge in [0.2, 0.25) is 0 Å². The molecule has 6 nitrogen and oxygen atoms in total. The highest BCUT2D eigenvalue weighted by Crippen LogP contribution is 2.17. The lowest BCUT2D eigenvalue weighted by molar-refractivity contribution is -0.167. The van der Waals surface area contributed by atoms with E-state index in [-0.39, 0.29) is 31.1 Å². The second-order valence-corrected chi connectivity index (χ2v) is 22.3. The number of carbonyl (C=O) groups is 3. The summed E-state index contributed by atoms with van der Waals surface area (Å²) >= 11 is 0. The minimum atomic E-state index is -0.783. The van der Waals surface area contributed by atoms with Crippen molar-refractivity contribution in [2.75, 3.05) is 13.2 Å². The van der Waals surface area contributed by atoms with Crippen molar-refractivity contribution in [1.29, 1.82) is 0 Å². The van der Waals surface area contributed by atoms with Crippen LogP contribution in [-0.2, 0) is 28.6 Å². The van der Waals surface area contributed by atoms with Gasteiger partial charge in [-0.1, -0.05) is 286 Å². The Labute approximate surface area is 478 Å². The predicted molar refractivity (Wildman–Crippen MR) is 335 cm³/mol. The lowest BCUT2D eigenvalue weighted by Gasteiger charge is -2.18. The summed E-state index contributed by atoms with van der Waals surface area (Å²) in [4.78, 5) is 38.4. The van der Waals surface area contributed by atoms with Crippen LogP contribution in [0.25, 0.3) is 0 Å². The molecule has 0 amide bonds. The molecule has 0 aromatic carbocycles. The molecule has 0 radical (unpaired) electrons. The first-order chi connectivity index (χ1) is 38.0. The monoisotopic (exact) mass is 1070 g/mol. The number of carbonyl (C=O) groups excluding carboxylic acids is 3. The van der Waals surface area contributed by atoms with Gasteiger partial charge >= 0.3 is 17.9 Å². The van der Waals surface area contributed by atoms with Crippen LogP contribution in [0.2, 0.25) is 0 Å². The number of rotatable bonds is 61. The summed E-state index contributed by atoms with van der Waals surface area (Å²) in [6.45, 7) is 6.56. The molecule has 0 aliphatic carbocycles. The van der Waals surface area contributed by atoms with Gasteiger partial charge in [-0.2, -0.15) is 0 Å². The average molecular weight is 1080 g/mol. The van der Waals surface area contributed by atoms with E-state index in [0.717, 1.165) is 89.9 Å². The zero-order chi connectivity index (χ0) is 55.7. The van der Waals surface area contributed by atoms with E-state index in [0.29, 0.717) is 19.3 Å². The first-order valence-electron chi connectivity index (χ1n) is 33.4. The summed E-state index contributed by atoms with van der Waals surface area (Å²) in [7, 11) is 0. The maximum absolute atomic E-state index is 12.9. The number of ether oxygens (including phenoxy) is 3. The number of esters is 3. The van der Waals surface area contributed by atoms with Gasteiger partial charge in [0.1, 0.15) is 13.2 Å². The van der Waals surface area contributed by atoms with Crippen LogP contribution in [0.4, 0.5) is 0 Å². The Bertz CT molecular complexity index is 1420. The maximum atomic E-state index is 12.9. The van der Waals surface area contributed by atoms with E-state index in [4.69, 9.17) is 14.2 Å². The first kappa shape index (κ1) is 73.8. The summed E-state index contributed by atoms with van der Waals surface area (Å²) in [5, 5.41) is 0. The SMILES string of the molecule is CC/C=C\C/C=C\C/C=C\C/C=C\CCCCCCCCCCCCC(=O)OCC(COC(=O)CCCCCCC/C=C\CCCCCCCC)OC(=O)CCCCCCCCCCC/C=C\CCCCCCCCCC. The third kappa shape index (κ3) is 63.6. The Morgan fingerprint density at radius 3 is 0.805 bits per heavy atom. The fourth-order valence-corrected chi connectivity index (χ4v) is 9.66. The van der Waals surface area contributed by atoms with Crippen LogP contribution in [0.1, 0.15) is 342 Å². The van der Waals surface area contributed by atoms with Crippen LogP contribution in [0.5, 0.6) is 0 Å². The van der Waals surface area contributed by atoms with Crippen LogP contribution in [0.3, 0.4) is 0 Å². The van der Waals surface area contributed by atoms with Crippen molar-refractivity contribution in [1.82, 2.24) is 0 Å². The zero-order valence-electron chi connectivity index (χ0n) is 51.2. The largest absolute Gasteiger partial charge is 0.462 e. The summed E-state index contributed by atoms with van der Waals surface area (Å²) < 4.78 is 17.0. The van der Waals surface area contributed by atoms with Crippen LogP contribution in [0.15, 0.2) is 72.9 Å². The fourth-order valence-electron chi connectivity index (χ4n) is 9.66. The highest BCUT2D eigenvalue weighted by molar-refractivity contribution is 5.71. The Balaban J connectivity index is 4.34. The standard InChI is InChI=1S/C71H126O6/c1-4-7-10-13-16-19-22-25-28-30-32-34-35-37-38-40-43-46-49-52-55-58-61-64-70(73)76-67-68(66-75-69(72)63-60-57-54-51-48-45-42-27-24-21-18-15-12-9-6-3)77-71(74)65-62-59-56-53-50-47-44-41-39-36-33-31-29-26-23-20-17-14-11-8-5-2/h7,10,16,19,25,27-28,31-34,42,68H,4-6,8-9,11-15,17-18,20-24,26,29-30,35-41,43-67H2,1-3H3/b10-7-,19-16-,28-25-,33-31-,34-32-,42-27-. The van der Waals surface area contributed by atoms with E-state index >= 15 is 0 Å². The molecule has 0 aromatic heterocycles.